The lowest BCUT2D eigenvalue weighted by molar-refractivity contribution is -0.157. The van der Waals surface area contributed by atoms with Gasteiger partial charge in [0.1, 0.15) is 17.6 Å². The molecule has 2 aromatic heterocycles. The highest BCUT2D eigenvalue weighted by Crippen LogP contribution is 2.38. The van der Waals surface area contributed by atoms with Crippen LogP contribution in [-0.4, -0.2) is 44.5 Å². The number of alkyl halides is 3. The first kappa shape index (κ1) is 23.9. The molecule has 1 aromatic carbocycles. The van der Waals surface area contributed by atoms with Gasteiger partial charge in [0.05, 0.1) is 36.4 Å². The van der Waals surface area contributed by atoms with Gasteiger partial charge in [0, 0.05) is 5.92 Å². The van der Waals surface area contributed by atoms with Crippen LogP contribution in [0.5, 0.6) is 0 Å². The lowest BCUT2D eigenvalue weighted by Crippen LogP contribution is -2.50. The second-order valence-electron chi connectivity index (χ2n) is 8.04. The van der Waals surface area contributed by atoms with Gasteiger partial charge in [-0.3, -0.25) is 19.1 Å². The number of anilines is 2. The molecule has 1 aliphatic heterocycles. The van der Waals surface area contributed by atoms with E-state index in [9.17, 15) is 22.8 Å². The Morgan fingerprint density at radius 1 is 1.24 bits per heavy atom. The monoisotopic (exact) mass is 493 g/mol. The van der Waals surface area contributed by atoms with Gasteiger partial charge in [-0.05, 0) is 24.3 Å². The number of carbonyl (C=O) groups excluding carboxylic acids is 2. The number of thioether (sulfide) groups is 1. The van der Waals surface area contributed by atoms with Crippen LogP contribution in [0.2, 0.25) is 0 Å². The molecule has 180 valence electrons. The Morgan fingerprint density at radius 3 is 2.68 bits per heavy atom. The average Bonchev–Trinajstić information content (AvgIpc) is 3.39. The van der Waals surface area contributed by atoms with Crippen molar-refractivity contribution >= 4 is 35.0 Å². The van der Waals surface area contributed by atoms with Crippen molar-refractivity contribution < 1.29 is 27.2 Å². The molecule has 0 bridgehead atoms. The zero-order valence-electron chi connectivity index (χ0n) is 18.4. The number of nitrogens with one attached hydrogen (secondary N) is 1. The number of amides is 2. The Labute approximate surface area is 197 Å². The molecular formula is C22H22F3N5O3S. The fourth-order valence-corrected chi connectivity index (χ4v) is 4.54. The van der Waals surface area contributed by atoms with Crippen LogP contribution in [0.25, 0.3) is 0 Å². The first-order valence-corrected chi connectivity index (χ1v) is 11.5. The summed E-state index contributed by atoms with van der Waals surface area (Å²) in [5, 5.41) is 11.2. The molecule has 1 aliphatic rings. The first-order chi connectivity index (χ1) is 16.1. The topological polar surface area (TPSA) is 93.3 Å². The number of para-hydroxylation sites is 2. The largest absolute Gasteiger partial charge is 0.467 e. The summed E-state index contributed by atoms with van der Waals surface area (Å²) in [6.45, 7) is 4.20. The Hall–Kier alpha value is -3.28. The number of fused-ring (bicyclic) bond motifs is 1. The molecule has 3 aromatic rings. The predicted octanol–water partition coefficient (Wildman–Crippen LogP) is 4.44. The SMILES string of the molecule is CC(C)c1nnc(SCC(=O)N2c3ccccc3NC(=O)CC2C(F)(F)F)n1Cc1ccco1. The third-order valence-corrected chi connectivity index (χ3v) is 6.21. The second-order valence-corrected chi connectivity index (χ2v) is 8.98. The molecule has 0 spiro atoms. The quantitative estimate of drug-likeness (QED) is 0.511. The highest BCUT2D eigenvalue weighted by Gasteiger charge is 2.49. The molecule has 3 heterocycles. The normalized spacial score (nSPS) is 16.4. The highest BCUT2D eigenvalue weighted by molar-refractivity contribution is 7.99. The van der Waals surface area contributed by atoms with Crippen molar-refractivity contribution in [2.45, 2.75) is 50.1 Å². The predicted molar refractivity (Wildman–Crippen MR) is 120 cm³/mol. The van der Waals surface area contributed by atoms with Crippen LogP contribution < -0.4 is 10.2 Å². The van der Waals surface area contributed by atoms with Gasteiger partial charge in [-0.1, -0.05) is 37.7 Å². The van der Waals surface area contributed by atoms with Crippen LogP contribution in [0.15, 0.2) is 52.2 Å². The minimum absolute atomic E-state index is 0.00111. The third-order valence-electron chi connectivity index (χ3n) is 5.26. The van der Waals surface area contributed by atoms with E-state index in [2.05, 4.69) is 15.5 Å². The van der Waals surface area contributed by atoms with Crippen molar-refractivity contribution in [1.29, 1.82) is 0 Å². The summed E-state index contributed by atoms with van der Waals surface area (Å²) in [5.41, 5.74) is 0.155. The zero-order chi connectivity index (χ0) is 24.5. The summed E-state index contributed by atoms with van der Waals surface area (Å²) in [6.07, 6.45) is -4.14. The summed E-state index contributed by atoms with van der Waals surface area (Å²) in [4.78, 5) is 26.0. The van der Waals surface area contributed by atoms with Crippen LogP contribution >= 0.6 is 11.8 Å². The number of hydrogen-bond donors (Lipinski definition) is 1. The summed E-state index contributed by atoms with van der Waals surface area (Å²) in [5.74, 6) is -0.597. The van der Waals surface area contributed by atoms with E-state index in [0.29, 0.717) is 28.2 Å². The standard InChI is InChI=1S/C22H22F3N5O3S/c1-13(2)20-27-28-21(29(20)11-14-6-5-9-33-14)34-12-19(32)30-16-8-4-3-7-15(16)26-18(31)10-17(30)22(23,24)25/h3-9,13,17H,10-12H2,1-2H3,(H,26,31). The number of aromatic nitrogens is 3. The molecule has 0 saturated heterocycles. The van der Waals surface area contributed by atoms with Crippen LogP contribution in [0.1, 0.15) is 37.8 Å². The van der Waals surface area contributed by atoms with Crippen molar-refractivity contribution in [3.8, 4) is 0 Å². The number of carbonyl (C=O) groups is 2. The highest BCUT2D eigenvalue weighted by atomic mass is 32.2. The van der Waals surface area contributed by atoms with Gasteiger partial charge in [-0.15, -0.1) is 10.2 Å². The molecule has 0 radical (unpaired) electrons. The Balaban J connectivity index is 1.62. The number of rotatable bonds is 6. The number of halogens is 3. The van der Waals surface area contributed by atoms with Crippen LogP contribution in [0, 0.1) is 0 Å². The van der Waals surface area contributed by atoms with E-state index in [0.717, 1.165) is 11.8 Å². The lowest BCUT2D eigenvalue weighted by Gasteiger charge is -2.31. The molecule has 2 amide bonds. The third kappa shape index (κ3) is 4.96. The van der Waals surface area contributed by atoms with Gasteiger partial charge < -0.3 is 9.73 Å². The van der Waals surface area contributed by atoms with E-state index in [1.54, 1.807) is 22.8 Å². The summed E-state index contributed by atoms with van der Waals surface area (Å²) in [7, 11) is 0. The fraction of sp³-hybridized carbons (Fsp3) is 0.364. The average molecular weight is 494 g/mol. The van der Waals surface area contributed by atoms with E-state index in [1.807, 2.05) is 13.8 Å². The first-order valence-electron chi connectivity index (χ1n) is 10.5. The summed E-state index contributed by atoms with van der Waals surface area (Å²) < 4.78 is 48.9. The number of hydrogen-bond acceptors (Lipinski definition) is 6. The number of furan rings is 1. The van der Waals surface area contributed by atoms with Gasteiger partial charge in [-0.25, -0.2) is 0 Å². The minimum Gasteiger partial charge on any atom is -0.467 e. The minimum atomic E-state index is -4.79. The van der Waals surface area contributed by atoms with Crippen molar-refractivity contribution in [2.75, 3.05) is 16.0 Å². The van der Waals surface area contributed by atoms with Crippen LogP contribution in [-0.2, 0) is 16.1 Å². The number of benzene rings is 1. The summed E-state index contributed by atoms with van der Waals surface area (Å²) in [6, 6.07) is 7.20. The second kappa shape index (κ2) is 9.53. The van der Waals surface area contributed by atoms with Gasteiger partial charge in [0.15, 0.2) is 5.16 Å². The Kier molecular flexibility index (Phi) is 6.69. The maximum atomic E-state index is 13.9. The zero-order valence-corrected chi connectivity index (χ0v) is 19.2. The van der Waals surface area contributed by atoms with Gasteiger partial charge in [0.2, 0.25) is 11.8 Å². The van der Waals surface area contributed by atoms with Crippen molar-refractivity contribution in [1.82, 2.24) is 14.8 Å². The van der Waals surface area contributed by atoms with E-state index in [1.165, 1.54) is 24.5 Å². The van der Waals surface area contributed by atoms with Crippen molar-refractivity contribution in [3.63, 3.8) is 0 Å². The van der Waals surface area contributed by atoms with Gasteiger partial charge in [-0.2, -0.15) is 13.2 Å². The maximum absolute atomic E-state index is 13.9. The smallest absolute Gasteiger partial charge is 0.409 e. The lowest BCUT2D eigenvalue weighted by atomic mass is 10.1. The van der Waals surface area contributed by atoms with E-state index in [4.69, 9.17) is 4.42 Å². The fourth-order valence-electron chi connectivity index (χ4n) is 3.73. The van der Waals surface area contributed by atoms with Crippen LogP contribution in [0.3, 0.4) is 0 Å². The van der Waals surface area contributed by atoms with E-state index < -0.39 is 30.5 Å². The molecule has 0 saturated carbocycles. The molecule has 34 heavy (non-hydrogen) atoms. The molecule has 8 nitrogen and oxygen atoms in total. The number of nitrogens with zero attached hydrogens (tertiary/aromatic N) is 4. The molecule has 1 N–H and O–H groups in total. The Morgan fingerprint density at radius 2 is 2.00 bits per heavy atom. The molecule has 1 atom stereocenters. The Bertz CT molecular complexity index is 1180. The van der Waals surface area contributed by atoms with E-state index >= 15 is 0 Å². The van der Waals surface area contributed by atoms with E-state index in [-0.39, 0.29) is 23.0 Å². The summed E-state index contributed by atoms with van der Waals surface area (Å²) >= 11 is 0.988. The molecule has 4 rings (SSSR count). The molecule has 0 fully saturated rings. The van der Waals surface area contributed by atoms with Crippen molar-refractivity contribution in [2.24, 2.45) is 0 Å². The molecule has 1 unspecified atom stereocenters. The molecule has 12 heteroatoms. The van der Waals surface area contributed by atoms with Crippen molar-refractivity contribution in [3.05, 3.63) is 54.2 Å². The maximum Gasteiger partial charge on any atom is 0.409 e. The molecule has 0 aliphatic carbocycles. The van der Waals surface area contributed by atoms with Gasteiger partial charge >= 0.3 is 6.18 Å². The van der Waals surface area contributed by atoms with Crippen LogP contribution in [0.4, 0.5) is 24.5 Å². The van der Waals surface area contributed by atoms with Gasteiger partial charge in [0.25, 0.3) is 0 Å². The molecular weight excluding hydrogens is 471 g/mol.